The number of nitrogens with one attached hydrogen (secondary N) is 1. The molecule has 4 nitrogen and oxygen atoms in total. The van der Waals surface area contributed by atoms with Gasteiger partial charge in [0.15, 0.2) is 0 Å². The second kappa shape index (κ2) is 7.09. The Bertz CT molecular complexity index is 731. The molecule has 108 valence electrons. The van der Waals surface area contributed by atoms with E-state index in [0.717, 1.165) is 6.42 Å². The lowest BCUT2D eigenvalue weighted by Gasteiger charge is -2.12. The minimum atomic E-state index is -0.235. The van der Waals surface area contributed by atoms with Crippen LogP contribution in [0.1, 0.15) is 18.1 Å². The maximum Gasteiger partial charge on any atom is 0.284 e. The van der Waals surface area contributed by atoms with Crippen LogP contribution in [-0.4, -0.2) is 9.78 Å². The van der Waals surface area contributed by atoms with Gasteiger partial charge in [-0.3, -0.25) is 4.79 Å². The summed E-state index contributed by atoms with van der Waals surface area (Å²) in [6.45, 7) is 2.93. The van der Waals surface area contributed by atoms with Crippen LogP contribution in [-0.2, 0) is 19.5 Å². The van der Waals surface area contributed by atoms with Gasteiger partial charge in [0.1, 0.15) is 11.0 Å². The quantitative estimate of drug-likeness (QED) is 0.847. The number of terminal acetylenes is 1. The zero-order chi connectivity index (χ0) is 15.2. The summed E-state index contributed by atoms with van der Waals surface area (Å²) < 4.78 is 1.69. The number of benzene rings is 1. The highest BCUT2D eigenvalue weighted by Crippen LogP contribution is 2.18. The van der Waals surface area contributed by atoms with Crippen molar-refractivity contribution >= 4 is 21.6 Å². The summed E-state index contributed by atoms with van der Waals surface area (Å²) in [6, 6.07) is 8.22. The van der Waals surface area contributed by atoms with Gasteiger partial charge < -0.3 is 5.32 Å². The molecule has 1 heterocycles. The second-order valence-corrected chi connectivity index (χ2v) is 5.31. The van der Waals surface area contributed by atoms with Crippen LogP contribution in [0.4, 0.5) is 5.69 Å². The molecule has 21 heavy (non-hydrogen) atoms. The number of nitrogens with zero attached hydrogens (tertiary/aromatic N) is 2. The number of anilines is 1. The highest BCUT2D eigenvalue weighted by atomic mass is 79.9. The van der Waals surface area contributed by atoms with Gasteiger partial charge in [0.25, 0.3) is 5.56 Å². The molecule has 1 aromatic carbocycles. The summed E-state index contributed by atoms with van der Waals surface area (Å²) in [5, 5.41) is 7.29. The van der Waals surface area contributed by atoms with Crippen LogP contribution in [0.5, 0.6) is 0 Å². The first kappa shape index (κ1) is 15.3. The van der Waals surface area contributed by atoms with E-state index in [1.165, 1.54) is 15.8 Å². The summed E-state index contributed by atoms with van der Waals surface area (Å²) in [7, 11) is 0. The maximum atomic E-state index is 12.0. The molecule has 0 atom stereocenters. The molecule has 0 aliphatic carbocycles. The molecule has 0 fully saturated rings. The summed E-state index contributed by atoms with van der Waals surface area (Å²) in [5.74, 6) is 2.40. The average molecular weight is 346 g/mol. The van der Waals surface area contributed by atoms with E-state index in [1.807, 2.05) is 12.1 Å². The van der Waals surface area contributed by atoms with Crippen molar-refractivity contribution < 1.29 is 0 Å². The van der Waals surface area contributed by atoms with Crippen molar-refractivity contribution in [3.8, 4) is 12.3 Å². The molecule has 0 radical (unpaired) electrons. The predicted molar refractivity (Wildman–Crippen MR) is 88.2 cm³/mol. The molecule has 0 saturated heterocycles. The van der Waals surface area contributed by atoms with Gasteiger partial charge in [0, 0.05) is 6.54 Å². The Morgan fingerprint density at radius 3 is 2.76 bits per heavy atom. The third-order valence-electron chi connectivity index (χ3n) is 3.19. The molecule has 0 bridgehead atoms. The molecule has 0 saturated carbocycles. The molecule has 2 aromatic rings. The van der Waals surface area contributed by atoms with E-state index in [2.05, 4.69) is 51.3 Å². The van der Waals surface area contributed by atoms with Gasteiger partial charge in [-0.05, 0) is 33.5 Å². The lowest BCUT2D eigenvalue weighted by molar-refractivity contribution is 0.659. The van der Waals surface area contributed by atoms with E-state index in [0.29, 0.717) is 16.7 Å². The summed E-state index contributed by atoms with van der Waals surface area (Å²) in [4.78, 5) is 12.0. The first-order chi connectivity index (χ1) is 10.2. The number of rotatable bonds is 5. The van der Waals surface area contributed by atoms with Crippen molar-refractivity contribution in [1.29, 1.82) is 0 Å². The minimum absolute atomic E-state index is 0.163. The summed E-state index contributed by atoms with van der Waals surface area (Å²) in [5.41, 5.74) is 2.93. The predicted octanol–water partition coefficient (Wildman–Crippen LogP) is 2.81. The summed E-state index contributed by atoms with van der Waals surface area (Å²) in [6.07, 6.45) is 7.79. The molecule has 5 heteroatoms. The standard InChI is InChI=1S/C16H16BrN3O/c1-3-9-20-16(21)15(17)14(11-19-20)18-10-13-8-6-5-7-12(13)4-2/h1,5-8,11,18H,4,9-10H2,2H3. The van der Waals surface area contributed by atoms with Crippen molar-refractivity contribution in [3.05, 3.63) is 56.4 Å². The molecule has 2 rings (SSSR count). The van der Waals surface area contributed by atoms with Gasteiger partial charge in [-0.1, -0.05) is 37.1 Å². The third kappa shape index (κ3) is 3.53. The van der Waals surface area contributed by atoms with Crippen LogP contribution < -0.4 is 10.9 Å². The molecule has 0 aliphatic heterocycles. The smallest absolute Gasteiger partial charge is 0.284 e. The second-order valence-electron chi connectivity index (χ2n) is 4.51. The Hall–Kier alpha value is -2.06. The van der Waals surface area contributed by atoms with E-state index < -0.39 is 0 Å². The van der Waals surface area contributed by atoms with Crippen LogP contribution in [0.25, 0.3) is 0 Å². The Balaban J connectivity index is 2.20. The first-order valence-corrected chi connectivity index (χ1v) is 7.46. The molecule has 1 N–H and O–H groups in total. The monoisotopic (exact) mass is 345 g/mol. The molecule has 0 spiro atoms. The van der Waals surface area contributed by atoms with Crippen molar-refractivity contribution in [1.82, 2.24) is 9.78 Å². The fourth-order valence-electron chi connectivity index (χ4n) is 2.05. The SMILES string of the molecule is C#CCn1ncc(NCc2ccccc2CC)c(Br)c1=O. The highest BCUT2D eigenvalue weighted by Gasteiger charge is 2.08. The number of halogens is 1. The fraction of sp³-hybridized carbons (Fsp3) is 0.250. The van der Waals surface area contributed by atoms with E-state index in [1.54, 1.807) is 6.20 Å². The largest absolute Gasteiger partial charge is 0.379 e. The number of aryl methyl sites for hydroxylation is 1. The summed E-state index contributed by atoms with van der Waals surface area (Å²) >= 11 is 3.31. The fourth-order valence-corrected chi connectivity index (χ4v) is 2.50. The van der Waals surface area contributed by atoms with E-state index in [4.69, 9.17) is 6.42 Å². The molecule has 0 amide bonds. The Labute approximate surface area is 132 Å². The lowest BCUT2D eigenvalue weighted by Crippen LogP contribution is -2.24. The van der Waals surface area contributed by atoms with Crippen LogP contribution in [0.15, 0.2) is 39.7 Å². The minimum Gasteiger partial charge on any atom is -0.379 e. The number of aromatic nitrogens is 2. The van der Waals surface area contributed by atoms with Crippen LogP contribution in [0, 0.1) is 12.3 Å². The molecule has 0 unspecified atom stereocenters. The van der Waals surface area contributed by atoms with E-state index in [9.17, 15) is 4.79 Å². The van der Waals surface area contributed by atoms with Gasteiger partial charge in [0.05, 0.1) is 11.9 Å². The maximum absolute atomic E-state index is 12.0. The third-order valence-corrected chi connectivity index (χ3v) is 3.96. The Kier molecular flexibility index (Phi) is 5.18. The van der Waals surface area contributed by atoms with Gasteiger partial charge in [0.2, 0.25) is 0 Å². The molecule has 1 aromatic heterocycles. The Morgan fingerprint density at radius 2 is 2.10 bits per heavy atom. The van der Waals surface area contributed by atoms with Crippen molar-refractivity contribution in [2.75, 3.05) is 5.32 Å². The van der Waals surface area contributed by atoms with Gasteiger partial charge in [-0.15, -0.1) is 6.42 Å². The normalized spacial score (nSPS) is 10.1. The van der Waals surface area contributed by atoms with Crippen molar-refractivity contribution in [2.45, 2.75) is 26.4 Å². The van der Waals surface area contributed by atoms with Crippen LogP contribution in [0.2, 0.25) is 0 Å². The zero-order valence-electron chi connectivity index (χ0n) is 11.8. The number of hydrogen-bond donors (Lipinski definition) is 1. The van der Waals surface area contributed by atoms with Crippen LogP contribution >= 0.6 is 15.9 Å². The van der Waals surface area contributed by atoms with E-state index in [-0.39, 0.29) is 12.1 Å². The zero-order valence-corrected chi connectivity index (χ0v) is 13.4. The first-order valence-electron chi connectivity index (χ1n) is 6.67. The van der Waals surface area contributed by atoms with Gasteiger partial charge >= 0.3 is 0 Å². The van der Waals surface area contributed by atoms with Gasteiger partial charge in [-0.25, -0.2) is 4.68 Å². The lowest BCUT2D eigenvalue weighted by atomic mass is 10.1. The number of hydrogen-bond acceptors (Lipinski definition) is 3. The molecular formula is C16H16BrN3O. The van der Waals surface area contributed by atoms with Gasteiger partial charge in [-0.2, -0.15) is 5.10 Å². The molecule has 0 aliphatic rings. The Morgan fingerprint density at radius 1 is 1.38 bits per heavy atom. The topological polar surface area (TPSA) is 46.9 Å². The van der Waals surface area contributed by atoms with Crippen LogP contribution in [0.3, 0.4) is 0 Å². The molecular weight excluding hydrogens is 330 g/mol. The highest BCUT2D eigenvalue weighted by molar-refractivity contribution is 9.10. The average Bonchev–Trinajstić information content (AvgIpc) is 2.51. The van der Waals surface area contributed by atoms with Crippen molar-refractivity contribution in [3.63, 3.8) is 0 Å². The van der Waals surface area contributed by atoms with E-state index >= 15 is 0 Å². The van der Waals surface area contributed by atoms with Crippen molar-refractivity contribution in [2.24, 2.45) is 0 Å².